The maximum absolute atomic E-state index is 13.6. The zero-order valence-electron chi connectivity index (χ0n) is 15.6. The molecule has 0 saturated carbocycles. The molecule has 2 N–H and O–H groups in total. The molecule has 0 spiro atoms. The van der Waals surface area contributed by atoms with Crippen molar-refractivity contribution in [3.05, 3.63) is 35.1 Å². The van der Waals surface area contributed by atoms with Crippen molar-refractivity contribution in [3.8, 4) is 0 Å². The molecule has 7 heteroatoms. The molecule has 2 unspecified atom stereocenters. The van der Waals surface area contributed by atoms with Gasteiger partial charge in [0, 0.05) is 25.7 Å². The standard InChI is InChI=1S/C19H29FN4O.HI/c1-3-21-19(22-10-15-7-6-14(2)18(20)9-15)23-11-17-12-24-8-4-5-16(24)13-25-17;/h6-7,9,16-17H,3-5,8,10-13H2,1-2H3,(H2,21,22,23);1H. The predicted octanol–water partition coefficient (Wildman–Crippen LogP) is 2.67. The van der Waals surface area contributed by atoms with Crippen LogP contribution in [0.25, 0.3) is 0 Å². The van der Waals surface area contributed by atoms with Crippen LogP contribution in [0.3, 0.4) is 0 Å². The van der Waals surface area contributed by atoms with Crippen LogP contribution >= 0.6 is 24.0 Å². The third-order valence-electron chi connectivity index (χ3n) is 4.96. The van der Waals surface area contributed by atoms with Crippen molar-refractivity contribution in [3.63, 3.8) is 0 Å². The van der Waals surface area contributed by atoms with Gasteiger partial charge in [-0.15, -0.1) is 24.0 Å². The zero-order chi connectivity index (χ0) is 17.6. The molecule has 2 saturated heterocycles. The van der Waals surface area contributed by atoms with E-state index in [9.17, 15) is 4.39 Å². The SMILES string of the molecule is CCNC(=NCc1ccc(C)c(F)c1)NCC1CN2CCCC2CO1.I. The van der Waals surface area contributed by atoms with Gasteiger partial charge in [0.15, 0.2) is 5.96 Å². The summed E-state index contributed by atoms with van der Waals surface area (Å²) in [5.41, 5.74) is 1.53. The van der Waals surface area contributed by atoms with Crippen molar-refractivity contribution >= 4 is 29.9 Å². The zero-order valence-corrected chi connectivity index (χ0v) is 18.0. The van der Waals surface area contributed by atoms with E-state index >= 15 is 0 Å². The molecule has 1 aromatic carbocycles. The van der Waals surface area contributed by atoms with Crippen LogP contribution in [0.2, 0.25) is 0 Å². The number of nitrogens with zero attached hydrogens (tertiary/aromatic N) is 2. The van der Waals surface area contributed by atoms with E-state index in [0.717, 1.165) is 37.8 Å². The maximum atomic E-state index is 13.6. The highest BCUT2D eigenvalue weighted by Gasteiger charge is 2.32. The van der Waals surface area contributed by atoms with Crippen LogP contribution in [0.15, 0.2) is 23.2 Å². The fraction of sp³-hybridized carbons (Fsp3) is 0.632. The lowest BCUT2D eigenvalue weighted by Crippen LogP contribution is -2.51. The van der Waals surface area contributed by atoms with Gasteiger partial charge in [-0.05, 0) is 50.4 Å². The van der Waals surface area contributed by atoms with Gasteiger partial charge in [0.25, 0.3) is 0 Å². The first-order valence-corrected chi connectivity index (χ1v) is 9.28. The molecule has 2 fully saturated rings. The van der Waals surface area contributed by atoms with Gasteiger partial charge in [0.05, 0.1) is 19.3 Å². The van der Waals surface area contributed by atoms with Crippen LogP contribution in [0.1, 0.15) is 30.9 Å². The van der Waals surface area contributed by atoms with Crippen LogP contribution < -0.4 is 10.6 Å². The third-order valence-corrected chi connectivity index (χ3v) is 4.96. The molecule has 2 aliphatic heterocycles. The number of hydrogen-bond acceptors (Lipinski definition) is 3. The molecule has 146 valence electrons. The van der Waals surface area contributed by atoms with E-state index in [1.807, 2.05) is 13.0 Å². The molecule has 0 radical (unpaired) electrons. The van der Waals surface area contributed by atoms with Gasteiger partial charge in [0.2, 0.25) is 0 Å². The summed E-state index contributed by atoms with van der Waals surface area (Å²) in [4.78, 5) is 7.10. The molecule has 2 heterocycles. The number of halogens is 2. The normalized spacial score (nSPS) is 23.3. The Labute approximate surface area is 172 Å². The summed E-state index contributed by atoms with van der Waals surface area (Å²) < 4.78 is 19.6. The minimum atomic E-state index is -0.179. The first-order chi connectivity index (χ1) is 12.2. The number of aliphatic imine (C=N–C) groups is 1. The Kier molecular flexibility index (Phi) is 8.56. The number of aryl methyl sites for hydroxylation is 1. The summed E-state index contributed by atoms with van der Waals surface area (Å²) in [6.45, 7) is 8.79. The van der Waals surface area contributed by atoms with Crippen molar-refractivity contribution in [2.24, 2.45) is 4.99 Å². The van der Waals surface area contributed by atoms with Gasteiger partial charge >= 0.3 is 0 Å². The highest BCUT2D eigenvalue weighted by atomic mass is 127. The quantitative estimate of drug-likeness (QED) is 0.390. The van der Waals surface area contributed by atoms with Gasteiger partial charge in [-0.25, -0.2) is 9.38 Å². The van der Waals surface area contributed by atoms with Crippen LogP contribution in [0, 0.1) is 12.7 Å². The van der Waals surface area contributed by atoms with Gasteiger partial charge in [-0.1, -0.05) is 12.1 Å². The molecule has 0 aliphatic carbocycles. The van der Waals surface area contributed by atoms with Crippen molar-refractivity contribution in [1.82, 2.24) is 15.5 Å². The largest absolute Gasteiger partial charge is 0.373 e. The Hall–Kier alpha value is -0.930. The van der Waals surface area contributed by atoms with E-state index in [2.05, 4.69) is 20.5 Å². The number of guanidine groups is 1. The Balaban J connectivity index is 0.00000243. The minimum Gasteiger partial charge on any atom is -0.373 e. The summed E-state index contributed by atoms with van der Waals surface area (Å²) in [6, 6.07) is 5.89. The molecule has 0 bridgehead atoms. The van der Waals surface area contributed by atoms with Gasteiger partial charge in [-0.3, -0.25) is 4.90 Å². The van der Waals surface area contributed by atoms with E-state index in [1.165, 1.54) is 19.4 Å². The second kappa shape index (κ2) is 10.4. The van der Waals surface area contributed by atoms with Gasteiger partial charge in [0.1, 0.15) is 5.82 Å². The number of fused-ring (bicyclic) bond motifs is 1. The number of hydrogen-bond donors (Lipinski definition) is 2. The Bertz CT molecular complexity index is 613. The lowest BCUT2D eigenvalue weighted by atomic mass is 10.1. The predicted molar refractivity (Wildman–Crippen MR) is 114 cm³/mol. The van der Waals surface area contributed by atoms with E-state index < -0.39 is 0 Å². The highest BCUT2D eigenvalue weighted by Crippen LogP contribution is 2.22. The summed E-state index contributed by atoms with van der Waals surface area (Å²) in [7, 11) is 0. The number of ether oxygens (including phenoxy) is 1. The second-order valence-corrected chi connectivity index (χ2v) is 6.91. The number of benzene rings is 1. The third kappa shape index (κ3) is 5.79. The van der Waals surface area contributed by atoms with Crippen molar-refractivity contribution in [1.29, 1.82) is 0 Å². The van der Waals surface area contributed by atoms with E-state index in [0.29, 0.717) is 18.2 Å². The van der Waals surface area contributed by atoms with Gasteiger partial charge in [-0.2, -0.15) is 0 Å². The van der Waals surface area contributed by atoms with Crippen LogP contribution in [-0.2, 0) is 11.3 Å². The van der Waals surface area contributed by atoms with Crippen molar-refractivity contribution in [2.45, 2.75) is 45.4 Å². The molecule has 0 aromatic heterocycles. The van der Waals surface area contributed by atoms with E-state index in [1.54, 1.807) is 19.1 Å². The summed E-state index contributed by atoms with van der Waals surface area (Å²) in [5, 5.41) is 6.60. The average Bonchev–Trinajstić information content (AvgIpc) is 3.08. The smallest absolute Gasteiger partial charge is 0.191 e. The van der Waals surface area contributed by atoms with Crippen LogP contribution in [0.4, 0.5) is 4.39 Å². The van der Waals surface area contributed by atoms with Crippen molar-refractivity contribution in [2.75, 3.05) is 32.8 Å². The second-order valence-electron chi connectivity index (χ2n) is 6.91. The molecule has 5 nitrogen and oxygen atoms in total. The molecule has 0 amide bonds. The Morgan fingerprint density at radius 1 is 1.38 bits per heavy atom. The molecular formula is C19H30FIN4O. The average molecular weight is 476 g/mol. The fourth-order valence-electron chi connectivity index (χ4n) is 3.47. The molecule has 1 aromatic rings. The molecule has 3 rings (SSSR count). The lowest BCUT2D eigenvalue weighted by Gasteiger charge is -2.35. The monoisotopic (exact) mass is 476 g/mol. The van der Waals surface area contributed by atoms with Crippen LogP contribution in [0.5, 0.6) is 0 Å². The number of nitrogens with one attached hydrogen (secondary N) is 2. The van der Waals surface area contributed by atoms with E-state index in [-0.39, 0.29) is 35.9 Å². The lowest BCUT2D eigenvalue weighted by molar-refractivity contribution is -0.0453. The van der Waals surface area contributed by atoms with Crippen molar-refractivity contribution < 1.29 is 9.13 Å². The summed E-state index contributed by atoms with van der Waals surface area (Å²) >= 11 is 0. The summed E-state index contributed by atoms with van der Waals surface area (Å²) in [5.74, 6) is 0.567. The molecule has 2 atom stereocenters. The molecule has 26 heavy (non-hydrogen) atoms. The topological polar surface area (TPSA) is 48.9 Å². The fourth-order valence-corrected chi connectivity index (χ4v) is 3.47. The van der Waals surface area contributed by atoms with E-state index in [4.69, 9.17) is 4.74 Å². The minimum absolute atomic E-state index is 0. The first-order valence-electron chi connectivity index (χ1n) is 9.28. The summed E-state index contributed by atoms with van der Waals surface area (Å²) in [6.07, 6.45) is 2.73. The Morgan fingerprint density at radius 3 is 3.00 bits per heavy atom. The molecule has 2 aliphatic rings. The Morgan fingerprint density at radius 2 is 2.23 bits per heavy atom. The first kappa shape index (κ1) is 21.4. The number of rotatable bonds is 5. The van der Waals surface area contributed by atoms with Gasteiger partial charge < -0.3 is 15.4 Å². The maximum Gasteiger partial charge on any atom is 0.191 e. The highest BCUT2D eigenvalue weighted by molar-refractivity contribution is 14.0. The van der Waals surface area contributed by atoms with Crippen LogP contribution in [-0.4, -0.2) is 55.8 Å². The number of morpholine rings is 1. The molecular weight excluding hydrogens is 446 g/mol.